The van der Waals surface area contributed by atoms with Crippen LogP contribution in [0.2, 0.25) is 0 Å². The summed E-state index contributed by atoms with van der Waals surface area (Å²) >= 11 is 0. The first-order chi connectivity index (χ1) is 14.2. The Balaban J connectivity index is 1.59. The Morgan fingerprint density at radius 3 is 2.72 bits per heavy atom. The Bertz CT molecular complexity index is 1290. The Kier molecular flexibility index (Phi) is 4.07. The van der Waals surface area contributed by atoms with E-state index in [0.29, 0.717) is 17.0 Å². The highest BCUT2D eigenvalue weighted by atomic mass is 16.4. The summed E-state index contributed by atoms with van der Waals surface area (Å²) < 4.78 is 5.21. The lowest BCUT2D eigenvalue weighted by molar-refractivity contribution is 0.182. The Morgan fingerprint density at radius 1 is 1.00 bits per heavy atom. The molecule has 1 atom stereocenters. The van der Waals surface area contributed by atoms with Gasteiger partial charge in [-0.25, -0.2) is 9.97 Å². The minimum Gasteiger partial charge on any atom is -0.593 e. The van der Waals surface area contributed by atoms with E-state index >= 15 is 0 Å². The normalized spacial score (nSPS) is 12.3. The van der Waals surface area contributed by atoms with Crippen molar-refractivity contribution in [2.75, 3.05) is 0 Å². The van der Waals surface area contributed by atoms with E-state index < -0.39 is 6.10 Å². The van der Waals surface area contributed by atoms with Gasteiger partial charge in [-0.3, -0.25) is 5.10 Å². The van der Waals surface area contributed by atoms with Crippen LogP contribution in [0.25, 0.3) is 33.4 Å². The molecule has 0 fully saturated rings. The van der Waals surface area contributed by atoms with E-state index in [1.54, 1.807) is 12.3 Å². The monoisotopic (exact) mass is 385 g/mol. The second kappa shape index (κ2) is 6.88. The van der Waals surface area contributed by atoms with Crippen molar-refractivity contribution in [2.45, 2.75) is 6.10 Å². The quantitative estimate of drug-likeness (QED) is 0.457. The zero-order valence-corrected chi connectivity index (χ0v) is 15.2. The molecule has 0 aliphatic heterocycles. The molecule has 0 aliphatic carbocycles. The molecule has 7 nitrogen and oxygen atoms in total. The summed E-state index contributed by atoms with van der Waals surface area (Å²) in [5.74, 6) is 0.666. The molecule has 1 unspecified atom stereocenters. The molecule has 0 saturated heterocycles. The summed E-state index contributed by atoms with van der Waals surface area (Å²) in [4.78, 5) is 8.48. The predicted molar refractivity (Wildman–Crippen MR) is 108 cm³/mol. The van der Waals surface area contributed by atoms with Gasteiger partial charge in [-0.2, -0.15) is 5.10 Å². The zero-order chi connectivity index (χ0) is 19.8. The number of aromatic amines is 1. The van der Waals surface area contributed by atoms with Crippen molar-refractivity contribution < 1.29 is 14.6 Å². The summed E-state index contributed by atoms with van der Waals surface area (Å²) in [6.07, 6.45) is 3.74. The lowest BCUT2D eigenvalue weighted by Gasteiger charge is -2.09. The standard InChI is InChI=1S/C22H16N4O3/c27-18-7-2-1-6-16(18)19-17-11-15(12-24-21(17)26-25-19)13-4-3-5-14(10-13)20(28)22-23-8-9-29-22/h1-12,20,27-28H,(H,24,25,26)/p+1. The number of pyridine rings is 1. The second-order valence-corrected chi connectivity index (χ2v) is 6.64. The van der Waals surface area contributed by atoms with E-state index in [0.717, 1.165) is 27.8 Å². The number of benzene rings is 2. The molecule has 0 bridgehead atoms. The van der Waals surface area contributed by atoms with Crippen LogP contribution in [-0.2, 0) is 0 Å². The molecular weight excluding hydrogens is 368 g/mol. The molecule has 3 aromatic heterocycles. The van der Waals surface area contributed by atoms with E-state index in [-0.39, 0.29) is 5.89 Å². The predicted octanol–water partition coefficient (Wildman–Crippen LogP) is 3.80. The summed E-state index contributed by atoms with van der Waals surface area (Å²) in [6, 6.07) is 16.9. The number of oxazole rings is 1. The van der Waals surface area contributed by atoms with Crippen LogP contribution in [0.15, 0.2) is 77.7 Å². The topological polar surface area (TPSA) is 111 Å². The zero-order valence-electron chi connectivity index (χ0n) is 15.2. The number of fused-ring (bicyclic) bond motifs is 1. The Morgan fingerprint density at radius 2 is 1.90 bits per heavy atom. The van der Waals surface area contributed by atoms with E-state index in [1.165, 1.54) is 12.5 Å². The number of nitrogens with one attached hydrogen (secondary N) is 1. The molecule has 0 saturated carbocycles. The third kappa shape index (κ3) is 3.03. The van der Waals surface area contributed by atoms with Gasteiger partial charge in [0, 0.05) is 23.2 Å². The number of para-hydroxylation sites is 1. The van der Waals surface area contributed by atoms with Gasteiger partial charge in [-0.1, -0.05) is 30.3 Å². The molecule has 0 aliphatic rings. The fourth-order valence-electron chi connectivity index (χ4n) is 3.36. The van der Waals surface area contributed by atoms with Gasteiger partial charge in [0.25, 0.3) is 5.75 Å². The van der Waals surface area contributed by atoms with E-state index in [1.807, 2.05) is 48.5 Å². The minimum atomic E-state index is -0.943. The van der Waals surface area contributed by atoms with E-state index in [4.69, 9.17) is 9.52 Å². The van der Waals surface area contributed by atoms with Crippen molar-refractivity contribution >= 4 is 11.0 Å². The number of aromatic nitrogens is 4. The van der Waals surface area contributed by atoms with Gasteiger partial charge in [0.2, 0.25) is 5.89 Å². The van der Waals surface area contributed by atoms with Crippen molar-refractivity contribution in [3.05, 3.63) is 84.7 Å². The van der Waals surface area contributed by atoms with E-state index in [2.05, 4.69) is 20.2 Å². The average molecular weight is 385 g/mol. The first-order valence-electron chi connectivity index (χ1n) is 9.03. The molecule has 5 aromatic rings. The molecule has 0 amide bonds. The molecule has 2 aromatic carbocycles. The number of aliphatic hydroxyl groups excluding tert-OH is 1. The number of rotatable bonds is 4. The van der Waals surface area contributed by atoms with Crippen LogP contribution in [0.4, 0.5) is 0 Å². The maximum absolute atomic E-state index is 10.5. The van der Waals surface area contributed by atoms with Crippen LogP contribution in [-0.4, -0.2) is 30.4 Å². The highest BCUT2D eigenvalue weighted by molar-refractivity contribution is 5.94. The second-order valence-electron chi connectivity index (χ2n) is 6.64. The summed E-state index contributed by atoms with van der Waals surface area (Å²) in [6.45, 7) is 0. The number of hydrogen-bond donors (Lipinski definition) is 2. The molecule has 5 rings (SSSR count). The van der Waals surface area contributed by atoms with E-state index in [9.17, 15) is 5.11 Å². The summed E-state index contributed by atoms with van der Waals surface area (Å²) in [5, 5.41) is 26.8. The van der Waals surface area contributed by atoms with Gasteiger partial charge < -0.3 is 14.6 Å². The molecule has 3 heterocycles. The summed E-state index contributed by atoms with van der Waals surface area (Å²) in [5.41, 5.74) is 4.56. The SMILES string of the molecule is OC(c1cccc(-c2cnc3n[nH]c(-c4ccccc4[OH2+])c3c2)c1)c1ncco1. The number of H-pyrrole nitrogens is 1. The van der Waals surface area contributed by atoms with Gasteiger partial charge in [-0.15, -0.1) is 0 Å². The van der Waals surface area contributed by atoms with Crippen LogP contribution in [0.1, 0.15) is 17.6 Å². The van der Waals surface area contributed by atoms with Crippen LogP contribution < -0.4 is 0 Å². The van der Waals surface area contributed by atoms with Gasteiger partial charge in [0.05, 0.1) is 17.5 Å². The van der Waals surface area contributed by atoms with Crippen LogP contribution in [0.3, 0.4) is 0 Å². The van der Waals surface area contributed by atoms with Crippen molar-refractivity contribution in [3.63, 3.8) is 0 Å². The van der Waals surface area contributed by atoms with Crippen molar-refractivity contribution in [3.8, 4) is 28.1 Å². The number of aliphatic hydroxyl groups is 1. The highest BCUT2D eigenvalue weighted by Gasteiger charge is 2.17. The lowest BCUT2D eigenvalue weighted by atomic mass is 10.00. The smallest absolute Gasteiger partial charge is 0.263 e. The Hall–Kier alpha value is -3.97. The Labute approximate surface area is 165 Å². The number of hydrogen-bond acceptors (Lipinski definition) is 5. The molecule has 0 spiro atoms. The van der Waals surface area contributed by atoms with Crippen LogP contribution >= 0.6 is 0 Å². The van der Waals surface area contributed by atoms with Crippen LogP contribution in [0, 0.1) is 0 Å². The molecule has 7 heteroatoms. The van der Waals surface area contributed by atoms with Gasteiger partial charge in [0.1, 0.15) is 6.26 Å². The minimum absolute atomic E-state index is 0.250. The van der Waals surface area contributed by atoms with Gasteiger partial charge in [0.15, 0.2) is 11.8 Å². The molecule has 4 N–H and O–H groups in total. The maximum Gasteiger partial charge on any atom is 0.263 e. The third-order valence-electron chi connectivity index (χ3n) is 4.83. The fourth-order valence-corrected chi connectivity index (χ4v) is 3.36. The van der Waals surface area contributed by atoms with Crippen molar-refractivity contribution in [1.29, 1.82) is 0 Å². The van der Waals surface area contributed by atoms with Gasteiger partial charge in [-0.05, 0) is 29.3 Å². The largest absolute Gasteiger partial charge is 0.593 e. The first kappa shape index (κ1) is 17.2. The first-order valence-corrected chi connectivity index (χ1v) is 9.03. The molecular formula is C22H17N4O3+. The average Bonchev–Trinajstić information content (AvgIpc) is 3.43. The van der Waals surface area contributed by atoms with Crippen LogP contribution in [0.5, 0.6) is 5.75 Å². The fraction of sp³-hybridized carbons (Fsp3) is 0.0455. The molecule has 0 radical (unpaired) electrons. The molecule has 29 heavy (non-hydrogen) atoms. The molecule has 142 valence electrons. The lowest BCUT2D eigenvalue weighted by Crippen LogP contribution is -2.00. The number of nitrogens with zero attached hydrogens (tertiary/aromatic N) is 3. The van der Waals surface area contributed by atoms with Gasteiger partial charge >= 0.3 is 0 Å². The summed E-state index contributed by atoms with van der Waals surface area (Å²) in [7, 11) is 0. The van der Waals surface area contributed by atoms with Crippen molar-refractivity contribution in [2.24, 2.45) is 0 Å². The highest BCUT2D eigenvalue weighted by Crippen LogP contribution is 2.34. The third-order valence-corrected chi connectivity index (χ3v) is 4.83. The van der Waals surface area contributed by atoms with Crippen molar-refractivity contribution in [1.82, 2.24) is 20.2 Å². The maximum atomic E-state index is 10.5.